The lowest BCUT2D eigenvalue weighted by atomic mass is 10.1. The molecule has 0 aromatic heterocycles. The molecule has 0 saturated heterocycles. The number of hydrogen-bond acceptors (Lipinski definition) is 3. The van der Waals surface area contributed by atoms with Crippen LogP contribution in [0, 0.1) is 0 Å². The van der Waals surface area contributed by atoms with Crippen LogP contribution in [0.15, 0.2) is 24.3 Å². The van der Waals surface area contributed by atoms with Gasteiger partial charge in [-0.2, -0.15) is 0 Å². The molecule has 3 nitrogen and oxygen atoms in total. The van der Waals surface area contributed by atoms with Gasteiger partial charge in [-0.05, 0) is 19.9 Å². The molecule has 0 aromatic rings. The van der Waals surface area contributed by atoms with E-state index in [1.165, 1.54) is 0 Å². The summed E-state index contributed by atoms with van der Waals surface area (Å²) in [6, 6.07) is 0. The number of allylic oxidation sites excluding steroid dienone is 2. The third-order valence-corrected chi connectivity index (χ3v) is 1.49. The summed E-state index contributed by atoms with van der Waals surface area (Å²) in [6.45, 7) is 3.68. The summed E-state index contributed by atoms with van der Waals surface area (Å²) in [5.74, 6) is 0. The number of carbonyl (C=O) groups excluding carboxylic acids is 1. The van der Waals surface area contributed by atoms with Crippen molar-refractivity contribution in [2.45, 2.75) is 26.0 Å². The van der Waals surface area contributed by atoms with Crippen molar-refractivity contribution >= 4 is 17.9 Å². The second-order valence-electron chi connectivity index (χ2n) is 2.60. The maximum atomic E-state index is 10.6. The summed E-state index contributed by atoms with van der Waals surface area (Å²) in [5.41, 5.74) is 4.70. The van der Waals surface area contributed by atoms with Crippen LogP contribution in [0.1, 0.15) is 20.3 Å². The molecule has 4 heteroatoms. The highest BCUT2D eigenvalue weighted by Crippen LogP contribution is 2.13. The van der Waals surface area contributed by atoms with E-state index in [0.717, 1.165) is 0 Å². The first-order chi connectivity index (χ1) is 6.04. The van der Waals surface area contributed by atoms with E-state index in [2.05, 4.69) is 12.6 Å². The summed E-state index contributed by atoms with van der Waals surface area (Å²) in [7, 11) is 0. The predicted molar refractivity (Wildman–Crippen MR) is 56.6 cm³/mol. The van der Waals surface area contributed by atoms with E-state index in [0.29, 0.717) is 6.42 Å². The Morgan fingerprint density at radius 1 is 1.54 bits per heavy atom. The van der Waals surface area contributed by atoms with Gasteiger partial charge in [0.25, 0.3) is 0 Å². The van der Waals surface area contributed by atoms with Crippen LogP contribution in [0.5, 0.6) is 0 Å². The standard InChI is InChI=1S/C9H15NO2S/c1-3-5-7-9(10,6-4-2)12-8(11)13/h3-6H,7,10H2,1-2H3,(H,11,13). The van der Waals surface area contributed by atoms with Crippen molar-refractivity contribution in [2.24, 2.45) is 5.73 Å². The summed E-state index contributed by atoms with van der Waals surface area (Å²) >= 11 is 3.51. The Morgan fingerprint density at radius 2 is 2.15 bits per heavy atom. The molecule has 13 heavy (non-hydrogen) atoms. The quantitative estimate of drug-likeness (QED) is 0.317. The van der Waals surface area contributed by atoms with E-state index in [1.807, 2.05) is 26.0 Å². The highest BCUT2D eigenvalue weighted by Gasteiger charge is 2.23. The number of carbonyl (C=O) groups is 1. The minimum absolute atomic E-state index is 0.445. The van der Waals surface area contributed by atoms with Crippen LogP contribution in [0.3, 0.4) is 0 Å². The summed E-state index contributed by atoms with van der Waals surface area (Å²) in [5, 5.41) is -0.676. The summed E-state index contributed by atoms with van der Waals surface area (Å²) in [6.07, 6.45) is 7.48. The van der Waals surface area contributed by atoms with Crippen molar-refractivity contribution < 1.29 is 9.53 Å². The van der Waals surface area contributed by atoms with Crippen molar-refractivity contribution in [2.75, 3.05) is 0 Å². The van der Waals surface area contributed by atoms with E-state index in [9.17, 15) is 4.79 Å². The van der Waals surface area contributed by atoms with E-state index in [4.69, 9.17) is 10.5 Å². The molecule has 74 valence electrons. The first kappa shape index (κ1) is 12.3. The Balaban J connectivity index is 4.41. The van der Waals surface area contributed by atoms with Gasteiger partial charge < -0.3 is 4.74 Å². The molecule has 0 aliphatic rings. The van der Waals surface area contributed by atoms with Crippen molar-refractivity contribution in [3.63, 3.8) is 0 Å². The smallest absolute Gasteiger partial charge is 0.366 e. The van der Waals surface area contributed by atoms with Crippen LogP contribution in [0.25, 0.3) is 0 Å². The van der Waals surface area contributed by atoms with E-state index in [-0.39, 0.29) is 0 Å². The highest BCUT2D eigenvalue weighted by molar-refractivity contribution is 7.96. The molecule has 0 aromatic carbocycles. The lowest BCUT2D eigenvalue weighted by Crippen LogP contribution is -2.40. The second kappa shape index (κ2) is 5.83. The lowest BCUT2D eigenvalue weighted by Gasteiger charge is -2.23. The van der Waals surface area contributed by atoms with Crippen LogP contribution in [0.2, 0.25) is 0 Å². The third-order valence-electron chi connectivity index (χ3n) is 1.40. The first-order valence-electron chi connectivity index (χ1n) is 4.00. The van der Waals surface area contributed by atoms with Crippen LogP contribution in [-0.2, 0) is 4.74 Å². The topological polar surface area (TPSA) is 52.3 Å². The van der Waals surface area contributed by atoms with Gasteiger partial charge in [0.15, 0.2) is 5.72 Å². The molecule has 2 N–H and O–H groups in total. The molecule has 1 unspecified atom stereocenters. The normalized spacial score (nSPS) is 16.3. The molecule has 0 saturated carbocycles. The van der Waals surface area contributed by atoms with Gasteiger partial charge in [-0.3, -0.25) is 5.73 Å². The zero-order valence-corrected chi connectivity index (χ0v) is 8.75. The minimum Gasteiger partial charge on any atom is -0.432 e. The van der Waals surface area contributed by atoms with E-state index >= 15 is 0 Å². The summed E-state index contributed by atoms with van der Waals surface area (Å²) < 4.78 is 4.85. The third kappa shape index (κ3) is 5.49. The van der Waals surface area contributed by atoms with Gasteiger partial charge >= 0.3 is 5.30 Å². The highest BCUT2D eigenvalue weighted by atomic mass is 32.1. The minimum atomic E-state index is -1.07. The van der Waals surface area contributed by atoms with Crippen molar-refractivity contribution in [3.05, 3.63) is 24.3 Å². The molecule has 1 atom stereocenters. The van der Waals surface area contributed by atoms with Crippen molar-refractivity contribution in [1.82, 2.24) is 0 Å². The molecule has 0 fully saturated rings. The molecule has 0 amide bonds. The van der Waals surface area contributed by atoms with Crippen LogP contribution in [-0.4, -0.2) is 11.0 Å². The van der Waals surface area contributed by atoms with Gasteiger partial charge in [0, 0.05) is 6.42 Å². The Morgan fingerprint density at radius 3 is 2.54 bits per heavy atom. The first-order valence-corrected chi connectivity index (χ1v) is 4.44. The molecular formula is C9H15NO2S. The zero-order valence-electron chi connectivity index (χ0n) is 7.86. The average Bonchev–Trinajstić information content (AvgIpc) is 2.00. The SMILES string of the molecule is CC=CCC(N)(C=CC)OC(=O)S. The Labute approximate surface area is 84.0 Å². The summed E-state index contributed by atoms with van der Waals surface area (Å²) in [4.78, 5) is 10.6. The number of rotatable bonds is 4. The van der Waals surface area contributed by atoms with Crippen LogP contribution < -0.4 is 5.73 Å². The zero-order chi connectivity index (χ0) is 10.3. The Kier molecular flexibility index (Phi) is 5.50. The fourth-order valence-corrected chi connectivity index (χ4v) is 1.06. The molecule has 0 radical (unpaired) electrons. The molecule has 0 aliphatic heterocycles. The van der Waals surface area contributed by atoms with Crippen molar-refractivity contribution in [3.8, 4) is 0 Å². The fourth-order valence-electron chi connectivity index (χ4n) is 0.890. The number of thiol groups is 1. The number of ether oxygens (including phenoxy) is 1. The average molecular weight is 201 g/mol. The van der Waals surface area contributed by atoms with E-state index in [1.54, 1.807) is 12.2 Å². The van der Waals surface area contributed by atoms with Gasteiger partial charge in [0.05, 0.1) is 0 Å². The van der Waals surface area contributed by atoms with Gasteiger partial charge in [0.2, 0.25) is 0 Å². The fraction of sp³-hybridized carbons (Fsp3) is 0.444. The molecule has 0 rings (SSSR count). The van der Waals surface area contributed by atoms with Crippen molar-refractivity contribution in [1.29, 1.82) is 0 Å². The number of nitrogens with two attached hydrogens (primary N) is 1. The Bertz CT molecular complexity index is 226. The molecule has 0 heterocycles. The monoisotopic (exact) mass is 201 g/mol. The maximum absolute atomic E-state index is 10.6. The van der Waals surface area contributed by atoms with Crippen LogP contribution >= 0.6 is 12.6 Å². The lowest BCUT2D eigenvalue weighted by molar-refractivity contribution is 0.0744. The Hall–Kier alpha value is -0.740. The van der Waals surface area contributed by atoms with E-state index < -0.39 is 11.0 Å². The molecule has 0 bridgehead atoms. The predicted octanol–water partition coefficient (Wildman–Crippen LogP) is 2.25. The van der Waals surface area contributed by atoms with Gasteiger partial charge in [-0.15, -0.1) is 0 Å². The second-order valence-corrected chi connectivity index (χ2v) is 2.96. The molecule has 0 spiro atoms. The number of hydrogen-bond donors (Lipinski definition) is 2. The molecule has 0 aliphatic carbocycles. The largest absolute Gasteiger partial charge is 0.432 e. The van der Waals surface area contributed by atoms with Gasteiger partial charge in [-0.1, -0.05) is 30.9 Å². The van der Waals surface area contributed by atoms with Gasteiger partial charge in [-0.25, -0.2) is 4.79 Å². The van der Waals surface area contributed by atoms with Crippen LogP contribution in [0.4, 0.5) is 4.79 Å². The maximum Gasteiger partial charge on any atom is 0.366 e. The van der Waals surface area contributed by atoms with Gasteiger partial charge in [0.1, 0.15) is 0 Å². The molecular weight excluding hydrogens is 186 g/mol.